The molecule has 0 radical (unpaired) electrons. The number of aryl methyl sites for hydroxylation is 1. The first-order valence-electron chi connectivity index (χ1n) is 11.2. The molecule has 0 bridgehead atoms. The van der Waals surface area contributed by atoms with Gasteiger partial charge in [0.05, 0.1) is 18.2 Å². The lowest BCUT2D eigenvalue weighted by Crippen LogP contribution is -2.43. The number of urea groups is 1. The highest BCUT2D eigenvalue weighted by Crippen LogP contribution is 2.34. The van der Waals surface area contributed by atoms with Crippen LogP contribution in [0.5, 0.6) is 11.6 Å². The number of hydrogen-bond acceptors (Lipinski definition) is 4. The summed E-state index contributed by atoms with van der Waals surface area (Å²) in [4.78, 5) is 14.7. The van der Waals surface area contributed by atoms with Crippen molar-refractivity contribution in [3.8, 4) is 22.9 Å². The Bertz CT molecular complexity index is 1060. The molecule has 1 N–H and O–H groups in total. The molecule has 33 heavy (non-hydrogen) atoms. The fraction of sp³-hybridized carbons (Fsp3) is 0.360. The number of carbonyl (C=O) groups excluding carboxylic acids is 1. The van der Waals surface area contributed by atoms with Gasteiger partial charge in [-0.3, -0.25) is 0 Å². The molecule has 0 saturated carbocycles. The molecule has 174 valence electrons. The molecule has 0 aliphatic carbocycles. The minimum absolute atomic E-state index is 0.00548. The quantitative estimate of drug-likeness (QED) is 0.537. The van der Waals surface area contributed by atoms with Gasteiger partial charge in [0.1, 0.15) is 17.3 Å². The topological polar surface area (TPSA) is 68.6 Å². The van der Waals surface area contributed by atoms with Crippen LogP contribution in [0.2, 0.25) is 0 Å². The Morgan fingerprint density at radius 1 is 1.24 bits per heavy atom. The third kappa shape index (κ3) is 5.51. The predicted molar refractivity (Wildman–Crippen MR) is 124 cm³/mol. The van der Waals surface area contributed by atoms with E-state index in [1.54, 1.807) is 28.8 Å². The van der Waals surface area contributed by atoms with Crippen LogP contribution < -0.4 is 10.1 Å². The van der Waals surface area contributed by atoms with Crippen LogP contribution in [0.3, 0.4) is 0 Å². The van der Waals surface area contributed by atoms with Crippen LogP contribution in [0.1, 0.15) is 25.3 Å². The summed E-state index contributed by atoms with van der Waals surface area (Å²) in [6, 6.07) is 15.5. The number of benzene rings is 2. The van der Waals surface area contributed by atoms with E-state index in [0.717, 1.165) is 36.3 Å². The van der Waals surface area contributed by atoms with Crippen molar-refractivity contribution >= 4 is 6.03 Å². The largest absolute Gasteiger partial charge is 0.439 e. The molecule has 2 heterocycles. The zero-order chi connectivity index (χ0) is 23.2. The van der Waals surface area contributed by atoms with Crippen LogP contribution in [-0.2, 0) is 18.3 Å². The maximum absolute atomic E-state index is 13.4. The number of nitrogens with zero attached hydrogens (tertiary/aromatic N) is 3. The average molecular weight is 453 g/mol. The Hall–Kier alpha value is -3.39. The molecule has 1 aliphatic heterocycles. The SMILES string of the molecule is CCNC(=O)N(Cc1c(-c2ccccc2)nn(C)c1Oc1ccc(F)cc1)CC1CCCO1. The van der Waals surface area contributed by atoms with E-state index in [-0.39, 0.29) is 18.0 Å². The molecule has 1 unspecified atom stereocenters. The maximum Gasteiger partial charge on any atom is 0.317 e. The van der Waals surface area contributed by atoms with E-state index in [2.05, 4.69) is 5.32 Å². The van der Waals surface area contributed by atoms with Crippen LogP contribution in [-0.4, -0.2) is 46.5 Å². The molecule has 2 amide bonds. The van der Waals surface area contributed by atoms with Gasteiger partial charge in [-0.15, -0.1) is 0 Å². The second-order valence-corrected chi connectivity index (χ2v) is 8.03. The maximum atomic E-state index is 13.4. The summed E-state index contributed by atoms with van der Waals surface area (Å²) in [5.74, 6) is 0.655. The fourth-order valence-corrected chi connectivity index (χ4v) is 3.97. The number of hydrogen-bond donors (Lipinski definition) is 1. The second-order valence-electron chi connectivity index (χ2n) is 8.03. The van der Waals surface area contributed by atoms with Crippen molar-refractivity contribution in [1.82, 2.24) is 20.0 Å². The first-order chi connectivity index (χ1) is 16.0. The van der Waals surface area contributed by atoms with Crippen molar-refractivity contribution < 1.29 is 18.7 Å². The zero-order valence-corrected chi connectivity index (χ0v) is 19.0. The lowest BCUT2D eigenvalue weighted by Gasteiger charge is -2.26. The van der Waals surface area contributed by atoms with Crippen molar-refractivity contribution in [2.75, 3.05) is 19.7 Å². The highest BCUT2D eigenvalue weighted by molar-refractivity contribution is 5.75. The summed E-state index contributed by atoms with van der Waals surface area (Å²) in [7, 11) is 1.80. The molecule has 3 aromatic rings. The summed E-state index contributed by atoms with van der Waals surface area (Å²) >= 11 is 0. The molecule has 1 atom stereocenters. The highest BCUT2D eigenvalue weighted by Gasteiger charge is 2.27. The first kappa shape index (κ1) is 22.8. The molecule has 2 aromatic carbocycles. The molecule has 1 aromatic heterocycles. The lowest BCUT2D eigenvalue weighted by molar-refractivity contribution is 0.0794. The monoisotopic (exact) mass is 452 g/mol. The summed E-state index contributed by atoms with van der Waals surface area (Å²) in [6.45, 7) is 3.91. The Balaban J connectivity index is 1.72. The Kier molecular flexibility index (Phi) is 7.24. The van der Waals surface area contributed by atoms with E-state index < -0.39 is 0 Å². The third-order valence-electron chi connectivity index (χ3n) is 5.58. The van der Waals surface area contributed by atoms with E-state index >= 15 is 0 Å². The van der Waals surface area contributed by atoms with Crippen molar-refractivity contribution in [3.05, 3.63) is 66.0 Å². The van der Waals surface area contributed by atoms with Gasteiger partial charge >= 0.3 is 6.03 Å². The van der Waals surface area contributed by atoms with Gasteiger partial charge in [0.15, 0.2) is 0 Å². The number of ether oxygens (including phenoxy) is 2. The molecule has 1 aliphatic rings. The van der Waals surface area contributed by atoms with Crippen LogP contribution in [0, 0.1) is 5.82 Å². The minimum Gasteiger partial charge on any atom is -0.439 e. The summed E-state index contributed by atoms with van der Waals surface area (Å²) < 4.78 is 27.0. The predicted octanol–water partition coefficient (Wildman–Crippen LogP) is 4.73. The molecule has 7 nitrogen and oxygen atoms in total. The van der Waals surface area contributed by atoms with Gasteiger partial charge in [0.25, 0.3) is 0 Å². The van der Waals surface area contributed by atoms with E-state index in [9.17, 15) is 9.18 Å². The number of amides is 2. The second kappa shape index (κ2) is 10.5. The zero-order valence-electron chi connectivity index (χ0n) is 19.0. The smallest absolute Gasteiger partial charge is 0.317 e. The van der Waals surface area contributed by atoms with Crippen molar-refractivity contribution in [3.63, 3.8) is 0 Å². The van der Waals surface area contributed by atoms with Crippen LogP contribution >= 0.6 is 0 Å². The van der Waals surface area contributed by atoms with Gasteiger partial charge in [-0.1, -0.05) is 30.3 Å². The lowest BCUT2D eigenvalue weighted by atomic mass is 10.1. The van der Waals surface area contributed by atoms with Crippen LogP contribution in [0.4, 0.5) is 9.18 Å². The third-order valence-corrected chi connectivity index (χ3v) is 5.58. The highest BCUT2D eigenvalue weighted by atomic mass is 19.1. The normalized spacial score (nSPS) is 15.4. The molecular weight excluding hydrogens is 423 g/mol. The van der Waals surface area contributed by atoms with Crippen molar-refractivity contribution in [2.45, 2.75) is 32.4 Å². The molecular formula is C25H29FN4O3. The molecule has 4 rings (SSSR count). The van der Waals surface area contributed by atoms with Gasteiger partial charge in [-0.2, -0.15) is 5.10 Å². The summed E-state index contributed by atoms with van der Waals surface area (Å²) in [5.41, 5.74) is 2.43. The van der Waals surface area contributed by atoms with Crippen molar-refractivity contribution in [1.29, 1.82) is 0 Å². The van der Waals surface area contributed by atoms with Crippen LogP contribution in [0.15, 0.2) is 54.6 Å². The minimum atomic E-state index is -0.337. The Morgan fingerprint density at radius 3 is 2.67 bits per heavy atom. The van der Waals surface area contributed by atoms with E-state index in [4.69, 9.17) is 14.6 Å². The standard InChI is InChI=1S/C25H29FN4O3/c1-3-27-25(31)30(16-21-10-7-15-32-21)17-22-23(18-8-5-4-6-9-18)28-29(2)24(22)33-20-13-11-19(26)12-14-20/h4-6,8-9,11-14,21H,3,7,10,15-17H2,1-2H3,(H,27,31). The summed E-state index contributed by atoms with van der Waals surface area (Å²) in [5, 5.41) is 7.62. The van der Waals surface area contributed by atoms with Crippen LogP contribution in [0.25, 0.3) is 11.3 Å². The fourth-order valence-electron chi connectivity index (χ4n) is 3.97. The van der Waals surface area contributed by atoms with E-state index in [1.165, 1.54) is 12.1 Å². The summed E-state index contributed by atoms with van der Waals surface area (Å²) in [6.07, 6.45) is 1.92. The molecule has 8 heteroatoms. The average Bonchev–Trinajstić information content (AvgIpc) is 3.44. The number of carbonyl (C=O) groups is 1. The van der Waals surface area contributed by atoms with Gasteiger partial charge in [0, 0.05) is 32.3 Å². The van der Waals surface area contributed by atoms with Gasteiger partial charge in [-0.05, 0) is 44.0 Å². The van der Waals surface area contributed by atoms with Gasteiger partial charge in [-0.25, -0.2) is 13.9 Å². The number of nitrogens with one attached hydrogen (secondary N) is 1. The van der Waals surface area contributed by atoms with Crippen molar-refractivity contribution in [2.24, 2.45) is 7.05 Å². The Morgan fingerprint density at radius 2 is 2.00 bits per heavy atom. The van der Waals surface area contributed by atoms with E-state index in [1.807, 2.05) is 37.3 Å². The number of rotatable bonds is 8. The molecule has 1 saturated heterocycles. The van der Waals surface area contributed by atoms with E-state index in [0.29, 0.717) is 31.3 Å². The van der Waals surface area contributed by atoms with Gasteiger partial charge < -0.3 is 19.7 Å². The first-order valence-corrected chi connectivity index (χ1v) is 11.2. The molecule has 1 fully saturated rings. The van der Waals surface area contributed by atoms with Gasteiger partial charge in [0.2, 0.25) is 5.88 Å². The number of aromatic nitrogens is 2. The molecule has 0 spiro atoms. The Labute approximate surface area is 193 Å². The number of halogens is 1.